The Morgan fingerprint density at radius 3 is 2.48 bits per heavy atom. The number of hydrogen-bond acceptors (Lipinski definition) is 2. The first-order chi connectivity index (χ1) is 15.9. The number of nitrogens with zero attached hydrogens (tertiary/aromatic N) is 1. The van der Waals surface area contributed by atoms with E-state index in [2.05, 4.69) is 10.3 Å². The van der Waals surface area contributed by atoms with E-state index in [1.807, 2.05) is 73.3 Å². The van der Waals surface area contributed by atoms with Crippen LogP contribution in [0.4, 0.5) is 4.39 Å². The number of aromatic nitrogens is 1. The number of hydrogen-bond donors (Lipinski definition) is 2. The fourth-order valence-electron chi connectivity index (χ4n) is 3.79. The number of benzene rings is 3. The average Bonchev–Trinajstić information content (AvgIpc) is 2.81. The number of aryl methyl sites for hydroxylation is 1. The third-order valence-electron chi connectivity index (χ3n) is 5.65. The van der Waals surface area contributed by atoms with Crippen LogP contribution in [0.15, 0.2) is 83.7 Å². The zero-order valence-corrected chi connectivity index (χ0v) is 19.5. The first-order valence-corrected chi connectivity index (χ1v) is 11.3. The molecule has 0 amide bonds. The molecule has 0 radical (unpaired) electrons. The van der Waals surface area contributed by atoms with Crippen molar-refractivity contribution in [3.8, 4) is 0 Å². The maximum Gasteiger partial charge on any atom is 0.253 e. The normalized spacial score (nSPS) is 11.8. The minimum absolute atomic E-state index is 0.00715. The van der Waals surface area contributed by atoms with Crippen molar-refractivity contribution in [2.24, 2.45) is 0 Å². The van der Waals surface area contributed by atoms with Gasteiger partial charge in [0.25, 0.3) is 5.56 Å². The number of rotatable bonds is 6. The molecule has 0 spiro atoms. The first kappa shape index (κ1) is 22.7. The van der Waals surface area contributed by atoms with Crippen molar-refractivity contribution in [2.45, 2.75) is 33.0 Å². The molecule has 4 rings (SSSR count). The Morgan fingerprint density at radius 2 is 1.76 bits per heavy atom. The third kappa shape index (κ3) is 5.65. The van der Waals surface area contributed by atoms with Gasteiger partial charge < -0.3 is 15.2 Å². The van der Waals surface area contributed by atoms with Crippen LogP contribution in [0.25, 0.3) is 10.9 Å². The summed E-state index contributed by atoms with van der Waals surface area (Å²) in [6.45, 7) is 4.81. The van der Waals surface area contributed by atoms with Gasteiger partial charge in [0.1, 0.15) is 5.82 Å². The Morgan fingerprint density at radius 1 is 1.03 bits per heavy atom. The molecule has 0 aliphatic carbocycles. The molecule has 1 aromatic heterocycles. The molecule has 0 fully saturated rings. The second-order valence-electron chi connectivity index (χ2n) is 8.28. The SMILES string of the molecule is Cc1ccc2cc(CN(Cc3ccc(F)cc3)C(=S)NC(C)c3ccccc3)c(=O)[nH]c2c1. The van der Waals surface area contributed by atoms with Crippen LogP contribution in [0.5, 0.6) is 0 Å². The van der Waals surface area contributed by atoms with Gasteiger partial charge in [-0.25, -0.2) is 4.39 Å². The molecule has 4 aromatic rings. The lowest BCUT2D eigenvalue weighted by Crippen LogP contribution is -2.41. The summed E-state index contributed by atoms with van der Waals surface area (Å²) < 4.78 is 13.4. The molecular formula is C27H26FN3OS. The number of fused-ring (bicyclic) bond motifs is 1. The lowest BCUT2D eigenvalue weighted by Gasteiger charge is -2.28. The van der Waals surface area contributed by atoms with Gasteiger partial charge >= 0.3 is 0 Å². The van der Waals surface area contributed by atoms with Crippen LogP contribution in [0.3, 0.4) is 0 Å². The molecule has 0 saturated carbocycles. The summed E-state index contributed by atoms with van der Waals surface area (Å²) in [7, 11) is 0. The van der Waals surface area contributed by atoms with Crippen LogP contribution in [0.2, 0.25) is 0 Å². The summed E-state index contributed by atoms with van der Waals surface area (Å²) in [6, 6.07) is 24.3. The third-order valence-corrected chi connectivity index (χ3v) is 6.03. The van der Waals surface area contributed by atoms with E-state index in [0.717, 1.165) is 27.6 Å². The van der Waals surface area contributed by atoms with Gasteiger partial charge in [-0.05, 0) is 72.4 Å². The van der Waals surface area contributed by atoms with Crippen molar-refractivity contribution in [1.29, 1.82) is 0 Å². The lowest BCUT2D eigenvalue weighted by molar-refractivity contribution is 0.392. The molecule has 1 unspecified atom stereocenters. The summed E-state index contributed by atoms with van der Waals surface area (Å²) in [5.41, 5.74) is 4.39. The van der Waals surface area contributed by atoms with Crippen molar-refractivity contribution < 1.29 is 4.39 Å². The molecule has 33 heavy (non-hydrogen) atoms. The van der Waals surface area contributed by atoms with E-state index in [9.17, 15) is 9.18 Å². The van der Waals surface area contributed by atoms with Crippen molar-refractivity contribution in [3.63, 3.8) is 0 Å². The topological polar surface area (TPSA) is 48.1 Å². The highest BCUT2D eigenvalue weighted by molar-refractivity contribution is 7.80. The fraction of sp³-hybridized carbons (Fsp3) is 0.185. The molecule has 0 bridgehead atoms. The smallest absolute Gasteiger partial charge is 0.253 e. The zero-order valence-electron chi connectivity index (χ0n) is 18.6. The Hall–Kier alpha value is -3.51. The van der Waals surface area contributed by atoms with Crippen LogP contribution >= 0.6 is 12.2 Å². The van der Waals surface area contributed by atoms with Crippen molar-refractivity contribution in [1.82, 2.24) is 15.2 Å². The van der Waals surface area contributed by atoms with Gasteiger partial charge in [-0.15, -0.1) is 0 Å². The van der Waals surface area contributed by atoms with Gasteiger partial charge in [-0.1, -0.05) is 54.6 Å². The summed E-state index contributed by atoms with van der Waals surface area (Å²) in [5, 5.41) is 4.88. The summed E-state index contributed by atoms with van der Waals surface area (Å²) >= 11 is 5.76. The molecular weight excluding hydrogens is 433 g/mol. The number of pyridine rings is 1. The Labute approximate surface area is 198 Å². The highest BCUT2D eigenvalue weighted by atomic mass is 32.1. The largest absolute Gasteiger partial charge is 0.356 e. The van der Waals surface area contributed by atoms with Crippen molar-refractivity contribution in [2.75, 3.05) is 0 Å². The van der Waals surface area contributed by atoms with Crippen LogP contribution in [0, 0.1) is 12.7 Å². The van der Waals surface area contributed by atoms with Crippen molar-refractivity contribution >= 4 is 28.2 Å². The number of aromatic amines is 1. The van der Waals surface area contributed by atoms with E-state index >= 15 is 0 Å². The van der Waals surface area contributed by atoms with E-state index in [1.165, 1.54) is 12.1 Å². The van der Waals surface area contributed by atoms with Gasteiger partial charge in [0.2, 0.25) is 0 Å². The summed E-state index contributed by atoms with van der Waals surface area (Å²) in [4.78, 5) is 17.8. The van der Waals surface area contributed by atoms with E-state index in [1.54, 1.807) is 12.1 Å². The fourth-order valence-corrected chi connectivity index (χ4v) is 4.10. The molecule has 6 heteroatoms. The van der Waals surface area contributed by atoms with Gasteiger partial charge in [0.15, 0.2) is 5.11 Å². The minimum Gasteiger partial charge on any atom is -0.356 e. The predicted octanol–water partition coefficient (Wildman–Crippen LogP) is 5.61. The Bertz CT molecular complexity index is 1320. The molecule has 3 aromatic carbocycles. The maximum atomic E-state index is 13.4. The first-order valence-electron chi connectivity index (χ1n) is 10.9. The van der Waals surface area contributed by atoms with Crippen LogP contribution < -0.4 is 10.9 Å². The molecule has 168 valence electrons. The number of nitrogens with one attached hydrogen (secondary N) is 2. The lowest BCUT2D eigenvalue weighted by atomic mass is 10.1. The quantitative estimate of drug-likeness (QED) is 0.368. The highest BCUT2D eigenvalue weighted by Gasteiger charge is 2.16. The number of H-pyrrole nitrogens is 1. The highest BCUT2D eigenvalue weighted by Crippen LogP contribution is 2.17. The van der Waals surface area contributed by atoms with Crippen LogP contribution in [-0.4, -0.2) is 15.0 Å². The monoisotopic (exact) mass is 459 g/mol. The van der Waals surface area contributed by atoms with Crippen LogP contribution in [-0.2, 0) is 13.1 Å². The van der Waals surface area contributed by atoms with Gasteiger partial charge in [0, 0.05) is 17.6 Å². The number of thiocarbonyl (C=S) groups is 1. The van der Waals surface area contributed by atoms with E-state index in [0.29, 0.717) is 23.8 Å². The molecule has 0 aliphatic rings. The van der Waals surface area contributed by atoms with Crippen molar-refractivity contribution in [3.05, 3.63) is 117 Å². The molecule has 4 nitrogen and oxygen atoms in total. The maximum absolute atomic E-state index is 13.4. The molecule has 1 atom stereocenters. The Kier molecular flexibility index (Phi) is 6.84. The standard InChI is InChI=1S/C27H26FN3OS/c1-18-8-11-22-15-23(26(32)30-25(22)14-18)17-31(16-20-9-12-24(28)13-10-20)27(33)29-19(2)21-6-4-3-5-7-21/h3-15,19H,16-17H2,1-2H3,(H,29,33)(H,30,32). The molecule has 0 aliphatic heterocycles. The average molecular weight is 460 g/mol. The number of halogens is 1. The van der Waals surface area contributed by atoms with Gasteiger partial charge in [-0.2, -0.15) is 0 Å². The second-order valence-corrected chi connectivity index (χ2v) is 8.67. The molecule has 1 heterocycles. The summed E-state index contributed by atoms with van der Waals surface area (Å²) in [6.07, 6.45) is 0. The molecule has 2 N–H and O–H groups in total. The molecule has 0 saturated heterocycles. The minimum atomic E-state index is -0.287. The van der Waals surface area contributed by atoms with E-state index in [-0.39, 0.29) is 17.4 Å². The predicted molar refractivity (Wildman–Crippen MR) is 136 cm³/mol. The Balaban J connectivity index is 1.62. The van der Waals surface area contributed by atoms with Gasteiger partial charge in [-0.3, -0.25) is 4.79 Å². The summed E-state index contributed by atoms with van der Waals surface area (Å²) in [5.74, 6) is -0.287. The zero-order chi connectivity index (χ0) is 23.4. The van der Waals surface area contributed by atoms with E-state index in [4.69, 9.17) is 12.2 Å². The second kappa shape index (κ2) is 9.96. The van der Waals surface area contributed by atoms with Gasteiger partial charge in [0.05, 0.1) is 12.6 Å². The van der Waals surface area contributed by atoms with E-state index < -0.39 is 0 Å². The van der Waals surface area contributed by atoms with Crippen LogP contribution in [0.1, 0.15) is 35.2 Å².